The number of nitrogens with zero attached hydrogens (tertiary/aromatic N) is 3. The third-order valence-corrected chi connectivity index (χ3v) is 9.70. The molecule has 8 aromatic rings. The molecule has 0 N–H and O–H groups in total. The van der Waals surface area contributed by atoms with Crippen LogP contribution in [0.5, 0.6) is 0 Å². The van der Waals surface area contributed by atoms with Gasteiger partial charge in [-0.05, 0) is 86.2 Å². The standard InChI is InChI=1S/C25H28N.C23H17N2O.Ir/c1-17-7-10-22(24-13-18(2)19(3)16-26-24)14-23(17)21-11-8-20(9-12-21)15-25(4,5)6;1-13-7-10-21(24-12-13)19-6-4-5-17-18-9-8-16-15(3)25-14(2)11-20(16)23(18)26-22(17)19;/h7-9,11-14,16H,15H2,1-6H3;4-5,7-12H,1-3H3;/q2*-1;. The summed E-state index contributed by atoms with van der Waals surface area (Å²) in [5, 5.41) is 4.43. The van der Waals surface area contributed by atoms with E-state index in [-0.39, 0.29) is 20.1 Å². The van der Waals surface area contributed by atoms with Crippen molar-refractivity contribution in [3.05, 3.63) is 149 Å². The average Bonchev–Trinajstić information content (AvgIpc) is 3.50. The van der Waals surface area contributed by atoms with Crippen LogP contribution in [-0.4, -0.2) is 15.0 Å². The zero-order valence-corrected chi connectivity index (χ0v) is 34.4. The topological polar surface area (TPSA) is 51.8 Å². The fourth-order valence-corrected chi connectivity index (χ4v) is 6.87. The van der Waals surface area contributed by atoms with Gasteiger partial charge >= 0.3 is 0 Å². The molecule has 0 saturated heterocycles. The number of pyridine rings is 3. The summed E-state index contributed by atoms with van der Waals surface area (Å²) < 4.78 is 6.39. The molecule has 4 heterocycles. The van der Waals surface area contributed by atoms with E-state index >= 15 is 0 Å². The van der Waals surface area contributed by atoms with E-state index in [1.807, 2.05) is 45.3 Å². The average molecular weight is 872 g/mol. The molecule has 5 heteroatoms. The number of fused-ring (bicyclic) bond motifs is 5. The molecular formula is C48H45IrN3O-2. The molecule has 0 spiro atoms. The Hall–Kier alpha value is -4.96. The van der Waals surface area contributed by atoms with Crippen molar-refractivity contribution in [2.75, 3.05) is 0 Å². The fraction of sp³-hybridized carbons (Fsp3) is 0.229. The Morgan fingerprint density at radius 1 is 0.642 bits per heavy atom. The predicted octanol–water partition coefficient (Wildman–Crippen LogP) is 12.6. The van der Waals surface area contributed by atoms with E-state index in [1.54, 1.807) is 0 Å². The van der Waals surface area contributed by atoms with E-state index in [2.05, 4.69) is 141 Å². The molecule has 53 heavy (non-hydrogen) atoms. The van der Waals surface area contributed by atoms with Gasteiger partial charge in [0, 0.05) is 60.0 Å². The second-order valence-corrected chi connectivity index (χ2v) is 15.3. The summed E-state index contributed by atoms with van der Waals surface area (Å²) in [5.74, 6) is 0. The Labute approximate surface area is 327 Å². The monoisotopic (exact) mass is 872 g/mol. The van der Waals surface area contributed by atoms with Crippen LogP contribution in [0.25, 0.3) is 66.4 Å². The van der Waals surface area contributed by atoms with Gasteiger partial charge in [0.15, 0.2) is 0 Å². The Kier molecular flexibility index (Phi) is 10.8. The molecule has 0 aliphatic carbocycles. The third-order valence-electron chi connectivity index (χ3n) is 9.70. The zero-order valence-electron chi connectivity index (χ0n) is 32.0. The van der Waals surface area contributed by atoms with Crippen LogP contribution in [0.2, 0.25) is 0 Å². The molecule has 4 nitrogen and oxygen atoms in total. The number of furan rings is 1. The van der Waals surface area contributed by atoms with Crippen LogP contribution in [0.3, 0.4) is 0 Å². The number of hydrogen-bond acceptors (Lipinski definition) is 4. The molecule has 4 aromatic heterocycles. The first kappa shape index (κ1) is 37.8. The van der Waals surface area contributed by atoms with E-state index in [0.29, 0.717) is 5.41 Å². The first-order valence-corrected chi connectivity index (χ1v) is 18.0. The quantitative estimate of drug-likeness (QED) is 0.165. The molecule has 0 unspecified atom stereocenters. The Morgan fingerprint density at radius 3 is 2.06 bits per heavy atom. The normalized spacial score (nSPS) is 11.4. The molecular weight excluding hydrogens is 827 g/mol. The van der Waals surface area contributed by atoms with Crippen molar-refractivity contribution >= 4 is 32.7 Å². The van der Waals surface area contributed by atoms with E-state index in [1.165, 1.54) is 33.4 Å². The van der Waals surface area contributed by atoms with E-state index < -0.39 is 0 Å². The maximum Gasteiger partial charge on any atom is 0.128 e. The van der Waals surface area contributed by atoms with Crippen LogP contribution in [0, 0.1) is 59.1 Å². The van der Waals surface area contributed by atoms with Crippen molar-refractivity contribution < 1.29 is 24.5 Å². The molecule has 0 fully saturated rings. The van der Waals surface area contributed by atoms with Crippen LogP contribution >= 0.6 is 0 Å². The van der Waals surface area contributed by atoms with E-state index in [9.17, 15) is 0 Å². The van der Waals surface area contributed by atoms with Crippen LogP contribution in [-0.2, 0) is 26.5 Å². The maximum absolute atomic E-state index is 6.39. The minimum atomic E-state index is 0. The Balaban J connectivity index is 0.000000178. The molecule has 0 atom stereocenters. The SMILES string of the molecule is Cc1ccc(-c2[c-]ccc3c2oc2c4cc(C)nc(C)c4ccc32)nc1.Cc1cnc(-c2[c-]cc(C)c(-c3ccc(CC(C)(C)C)cc3)c2)cc1C.[Ir]. The van der Waals surface area contributed by atoms with Crippen LogP contribution in [0.15, 0.2) is 102 Å². The van der Waals surface area contributed by atoms with Gasteiger partial charge in [0.2, 0.25) is 0 Å². The van der Waals surface area contributed by atoms with Crippen LogP contribution < -0.4 is 0 Å². The predicted molar refractivity (Wildman–Crippen MR) is 217 cm³/mol. The van der Waals surface area contributed by atoms with Gasteiger partial charge in [-0.3, -0.25) is 4.98 Å². The zero-order chi connectivity index (χ0) is 36.7. The summed E-state index contributed by atoms with van der Waals surface area (Å²) in [5.41, 5.74) is 16.6. The minimum absolute atomic E-state index is 0. The van der Waals surface area contributed by atoms with Gasteiger partial charge in [0.05, 0.1) is 5.58 Å². The number of benzene rings is 4. The van der Waals surface area contributed by atoms with Crippen molar-refractivity contribution in [3.63, 3.8) is 0 Å². The van der Waals surface area contributed by atoms with Gasteiger partial charge in [-0.25, -0.2) is 0 Å². The molecule has 0 aliphatic rings. The fourth-order valence-electron chi connectivity index (χ4n) is 6.87. The van der Waals surface area contributed by atoms with Crippen molar-refractivity contribution in [2.45, 2.75) is 68.7 Å². The van der Waals surface area contributed by atoms with Gasteiger partial charge in [-0.1, -0.05) is 104 Å². The summed E-state index contributed by atoms with van der Waals surface area (Å²) in [4.78, 5) is 13.7. The Morgan fingerprint density at radius 2 is 1.36 bits per heavy atom. The van der Waals surface area contributed by atoms with Gasteiger partial charge < -0.3 is 14.4 Å². The molecule has 269 valence electrons. The molecule has 8 rings (SSSR count). The van der Waals surface area contributed by atoms with Gasteiger partial charge in [0.1, 0.15) is 5.58 Å². The summed E-state index contributed by atoms with van der Waals surface area (Å²) in [6.07, 6.45) is 4.91. The van der Waals surface area contributed by atoms with Gasteiger partial charge in [-0.15, -0.1) is 47.5 Å². The Bertz CT molecular complexity index is 2580. The summed E-state index contributed by atoms with van der Waals surface area (Å²) in [6.45, 7) is 19.3. The van der Waals surface area contributed by atoms with Crippen LogP contribution in [0.1, 0.15) is 60.0 Å². The first-order chi connectivity index (χ1) is 24.8. The number of aryl methyl sites for hydroxylation is 6. The largest absolute Gasteiger partial charge is 0.500 e. The van der Waals surface area contributed by atoms with Crippen molar-refractivity contribution in [3.8, 4) is 33.6 Å². The summed E-state index contributed by atoms with van der Waals surface area (Å²) in [6, 6.07) is 36.6. The number of rotatable bonds is 4. The van der Waals surface area contributed by atoms with E-state index in [0.717, 1.165) is 78.6 Å². The van der Waals surface area contributed by atoms with E-state index in [4.69, 9.17) is 4.42 Å². The summed E-state index contributed by atoms with van der Waals surface area (Å²) in [7, 11) is 0. The second-order valence-electron chi connectivity index (χ2n) is 15.3. The molecule has 4 aromatic carbocycles. The number of aromatic nitrogens is 3. The van der Waals surface area contributed by atoms with Gasteiger partial charge in [0.25, 0.3) is 0 Å². The van der Waals surface area contributed by atoms with Crippen molar-refractivity contribution in [1.82, 2.24) is 15.0 Å². The van der Waals surface area contributed by atoms with Gasteiger partial charge in [-0.2, -0.15) is 0 Å². The molecule has 0 bridgehead atoms. The third kappa shape index (κ3) is 8.03. The van der Waals surface area contributed by atoms with Crippen molar-refractivity contribution in [1.29, 1.82) is 0 Å². The first-order valence-electron chi connectivity index (χ1n) is 18.0. The molecule has 0 saturated carbocycles. The smallest absolute Gasteiger partial charge is 0.128 e. The maximum atomic E-state index is 6.39. The van der Waals surface area contributed by atoms with Crippen LogP contribution in [0.4, 0.5) is 0 Å². The molecule has 0 aliphatic heterocycles. The minimum Gasteiger partial charge on any atom is -0.500 e. The summed E-state index contributed by atoms with van der Waals surface area (Å²) >= 11 is 0. The van der Waals surface area contributed by atoms with Crippen molar-refractivity contribution in [2.24, 2.45) is 5.41 Å². The number of hydrogen-bond donors (Lipinski definition) is 0. The molecule has 1 radical (unpaired) electrons. The second kappa shape index (κ2) is 15.2. The molecule has 0 amide bonds.